The Hall–Kier alpha value is -1.10. The minimum atomic E-state index is -1.37. The van der Waals surface area contributed by atoms with Crippen molar-refractivity contribution in [2.24, 2.45) is 5.41 Å². The summed E-state index contributed by atoms with van der Waals surface area (Å²) in [5, 5.41) is 0. The normalized spacial score (nSPS) is 15.3. The summed E-state index contributed by atoms with van der Waals surface area (Å²) in [5.41, 5.74) is -2.49. The van der Waals surface area contributed by atoms with Gasteiger partial charge in [0.1, 0.15) is 5.41 Å². The molecule has 0 amide bonds. The number of hydrogen-bond acceptors (Lipinski definition) is 5. The van der Waals surface area contributed by atoms with Gasteiger partial charge in [-0.3, -0.25) is 4.79 Å². The molecule has 0 N–H and O–H groups in total. The Labute approximate surface area is 89.7 Å². The minimum Gasteiger partial charge on any atom is -0.469 e. The first-order valence-corrected chi connectivity index (χ1v) is 4.50. The fourth-order valence-corrected chi connectivity index (χ4v) is 1.24. The summed E-state index contributed by atoms with van der Waals surface area (Å²) in [6.07, 6.45) is 0. The third-order valence-corrected chi connectivity index (χ3v) is 2.87. The molecule has 1 atom stereocenters. The van der Waals surface area contributed by atoms with Crippen molar-refractivity contribution in [2.45, 2.75) is 26.4 Å². The van der Waals surface area contributed by atoms with Crippen LogP contribution in [0.4, 0.5) is 0 Å². The summed E-state index contributed by atoms with van der Waals surface area (Å²) in [4.78, 5) is 23.1. The summed E-state index contributed by atoms with van der Waals surface area (Å²) in [7, 11) is 3.85. The zero-order chi connectivity index (χ0) is 12.3. The predicted molar refractivity (Wildman–Crippen MR) is 53.2 cm³/mol. The monoisotopic (exact) mass is 218 g/mol. The lowest BCUT2D eigenvalue weighted by Crippen LogP contribution is -2.55. The summed E-state index contributed by atoms with van der Waals surface area (Å²) in [6.45, 7) is 4.63. The van der Waals surface area contributed by atoms with E-state index in [-0.39, 0.29) is 0 Å². The Morgan fingerprint density at radius 3 is 1.53 bits per heavy atom. The average molecular weight is 218 g/mol. The third-order valence-electron chi connectivity index (χ3n) is 2.87. The molecule has 0 saturated heterocycles. The number of esters is 2. The van der Waals surface area contributed by atoms with Gasteiger partial charge in [-0.2, -0.15) is 0 Å². The van der Waals surface area contributed by atoms with E-state index in [1.165, 1.54) is 28.3 Å². The summed E-state index contributed by atoms with van der Waals surface area (Å²) >= 11 is 0. The van der Waals surface area contributed by atoms with Gasteiger partial charge in [0.05, 0.1) is 14.2 Å². The lowest BCUT2D eigenvalue weighted by atomic mass is 9.75. The van der Waals surface area contributed by atoms with E-state index in [4.69, 9.17) is 4.74 Å². The van der Waals surface area contributed by atoms with Crippen LogP contribution in [-0.2, 0) is 23.8 Å². The second-order valence-electron chi connectivity index (χ2n) is 3.85. The van der Waals surface area contributed by atoms with Crippen LogP contribution in [0.5, 0.6) is 0 Å². The van der Waals surface area contributed by atoms with Gasteiger partial charge in [-0.25, -0.2) is 4.79 Å². The fraction of sp³-hybridized carbons (Fsp3) is 0.800. The molecule has 0 aromatic rings. The van der Waals surface area contributed by atoms with E-state index in [9.17, 15) is 9.59 Å². The molecule has 1 unspecified atom stereocenters. The quantitative estimate of drug-likeness (QED) is 0.652. The molecule has 0 saturated carbocycles. The molecule has 0 aromatic heterocycles. The highest BCUT2D eigenvalue weighted by Crippen LogP contribution is 2.35. The minimum absolute atomic E-state index is 0.530. The molecule has 0 fully saturated rings. The number of rotatable bonds is 4. The Balaban J connectivity index is 5.27. The maximum Gasteiger partial charge on any atom is 0.339 e. The predicted octanol–water partition coefficient (Wildman–Crippen LogP) is 0.764. The highest BCUT2D eigenvalue weighted by Gasteiger charge is 2.54. The highest BCUT2D eigenvalue weighted by molar-refractivity contribution is 5.89. The van der Waals surface area contributed by atoms with E-state index >= 15 is 0 Å². The van der Waals surface area contributed by atoms with Gasteiger partial charge in [0.25, 0.3) is 0 Å². The average Bonchev–Trinajstić information content (AvgIpc) is 2.24. The van der Waals surface area contributed by atoms with Gasteiger partial charge in [0.15, 0.2) is 5.60 Å². The van der Waals surface area contributed by atoms with Gasteiger partial charge in [-0.1, -0.05) is 0 Å². The Kier molecular flexibility index (Phi) is 4.27. The van der Waals surface area contributed by atoms with Crippen LogP contribution in [0.3, 0.4) is 0 Å². The summed E-state index contributed by atoms with van der Waals surface area (Å²) in [5.74, 6) is -1.14. The van der Waals surface area contributed by atoms with Crippen molar-refractivity contribution in [1.82, 2.24) is 0 Å². The maximum absolute atomic E-state index is 11.6. The van der Waals surface area contributed by atoms with Crippen molar-refractivity contribution in [1.29, 1.82) is 0 Å². The summed E-state index contributed by atoms with van der Waals surface area (Å²) < 4.78 is 14.3. The van der Waals surface area contributed by atoms with Gasteiger partial charge in [0.2, 0.25) is 0 Å². The van der Waals surface area contributed by atoms with Crippen molar-refractivity contribution in [2.75, 3.05) is 21.3 Å². The molecule has 0 bridgehead atoms. The lowest BCUT2D eigenvalue weighted by Gasteiger charge is -2.37. The van der Waals surface area contributed by atoms with Crippen LogP contribution in [0.1, 0.15) is 20.8 Å². The first kappa shape index (κ1) is 13.9. The zero-order valence-corrected chi connectivity index (χ0v) is 10.0. The van der Waals surface area contributed by atoms with E-state index in [1.54, 1.807) is 13.8 Å². The molecule has 5 nitrogen and oxygen atoms in total. The second kappa shape index (κ2) is 4.61. The second-order valence-corrected chi connectivity index (χ2v) is 3.85. The van der Waals surface area contributed by atoms with E-state index < -0.39 is 23.0 Å². The van der Waals surface area contributed by atoms with Gasteiger partial charge >= 0.3 is 11.9 Å². The Morgan fingerprint density at radius 1 is 0.867 bits per heavy atom. The van der Waals surface area contributed by atoms with Crippen molar-refractivity contribution in [3.63, 3.8) is 0 Å². The number of carbonyl (C=O) groups excluding carboxylic acids is 2. The standard InChI is InChI=1S/C10H18O5/c1-9(2,7(11)13-4)10(3,15-6)8(12)14-5/h1-6H3. The first-order valence-electron chi connectivity index (χ1n) is 4.50. The Morgan fingerprint density at radius 2 is 1.27 bits per heavy atom. The van der Waals surface area contributed by atoms with Crippen LogP contribution >= 0.6 is 0 Å². The molecular formula is C10H18O5. The molecular weight excluding hydrogens is 200 g/mol. The van der Waals surface area contributed by atoms with Crippen molar-refractivity contribution in [3.05, 3.63) is 0 Å². The fourth-order valence-electron chi connectivity index (χ4n) is 1.24. The molecule has 0 spiro atoms. The summed E-state index contributed by atoms with van der Waals surface area (Å²) in [6, 6.07) is 0. The zero-order valence-electron chi connectivity index (χ0n) is 10.0. The van der Waals surface area contributed by atoms with Crippen molar-refractivity contribution in [3.8, 4) is 0 Å². The largest absolute Gasteiger partial charge is 0.469 e. The molecule has 0 rings (SSSR count). The highest BCUT2D eigenvalue weighted by atomic mass is 16.6. The smallest absolute Gasteiger partial charge is 0.339 e. The van der Waals surface area contributed by atoms with E-state index in [2.05, 4.69) is 9.47 Å². The molecule has 0 aliphatic carbocycles. The molecule has 0 aliphatic heterocycles. The molecule has 88 valence electrons. The molecule has 0 aliphatic rings. The number of hydrogen-bond donors (Lipinski definition) is 0. The number of methoxy groups -OCH3 is 3. The van der Waals surface area contributed by atoms with Crippen LogP contribution in [0.25, 0.3) is 0 Å². The van der Waals surface area contributed by atoms with Gasteiger partial charge in [-0.15, -0.1) is 0 Å². The molecule has 0 radical (unpaired) electrons. The first-order chi connectivity index (χ1) is 6.77. The lowest BCUT2D eigenvalue weighted by molar-refractivity contribution is -0.191. The topological polar surface area (TPSA) is 61.8 Å². The SMILES string of the molecule is COC(=O)C(C)(C)C(C)(OC)C(=O)OC. The van der Waals surface area contributed by atoms with Gasteiger partial charge in [-0.05, 0) is 20.8 Å². The molecule has 5 heteroatoms. The van der Waals surface area contributed by atoms with Crippen LogP contribution in [-0.4, -0.2) is 38.9 Å². The molecule has 0 aromatic carbocycles. The van der Waals surface area contributed by atoms with Crippen LogP contribution < -0.4 is 0 Å². The van der Waals surface area contributed by atoms with Crippen molar-refractivity contribution < 1.29 is 23.8 Å². The molecule has 0 heterocycles. The number of carbonyl (C=O) groups is 2. The Bertz CT molecular complexity index is 259. The van der Waals surface area contributed by atoms with Crippen LogP contribution in [0.2, 0.25) is 0 Å². The van der Waals surface area contributed by atoms with E-state index in [0.717, 1.165) is 0 Å². The maximum atomic E-state index is 11.6. The van der Waals surface area contributed by atoms with Gasteiger partial charge in [0, 0.05) is 7.11 Å². The van der Waals surface area contributed by atoms with Crippen LogP contribution in [0, 0.1) is 5.41 Å². The van der Waals surface area contributed by atoms with Gasteiger partial charge < -0.3 is 14.2 Å². The van der Waals surface area contributed by atoms with Crippen molar-refractivity contribution >= 4 is 11.9 Å². The van der Waals surface area contributed by atoms with E-state index in [0.29, 0.717) is 0 Å². The number of ether oxygens (including phenoxy) is 3. The van der Waals surface area contributed by atoms with E-state index in [1.807, 2.05) is 0 Å². The van der Waals surface area contributed by atoms with Crippen LogP contribution in [0.15, 0.2) is 0 Å². The third kappa shape index (κ3) is 2.12. The molecule has 15 heavy (non-hydrogen) atoms.